The van der Waals surface area contributed by atoms with Crippen molar-refractivity contribution in [3.05, 3.63) is 59.1 Å². The Morgan fingerprint density at radius 1 is 1.07 bits per heavy atom. The Labute approximate surface area is 169 Å². The van der Waals surface area contributed by atoms with Gasteiger partial charge in [-0.05, 0) is 48.9 Å². The summed E-state index contributed by atoms with van der Waals surface area (Å²) >= 11 is 5.81. The van der Waals surface area contributed by atoms with Crippen LogP contribution < -0.4 is 15.5 Å². The molecule has 0 aromatic heterocycles. The molecule has 1 heterocycles. The highest BCUT2D eigenvalue weighted by Gasteiger charge is 2.12. The van der Waals surface area contributed by atoms with Crippen LogP contribution in [0.3, 0.4) is 0 Å². The van der Waals surface area contributed by atoms with E-state index >= 15 is 0 Å². The maximum atomic E-state index is 12.2. The van der Waals surface area contributed by atoms with Gasteiger partial charge in [0.05, 0.1) is 13.2 Å². The summed E-state index contributed by atoms with van der Waals surface area (Å²) in [6, 6.07) is 14.5. The quantitative estimate of drug-likeness (QED) is 0.698. The number of morpholine rings is 1. The molecule has 0 aliphatic carbocycles. The zero-order chi connectivity index (χ0) is 19.8. The Morgan fingerprint density at radius 2 is 1.82 bits per heavy atom. The fraction of sp³-hybridized carbons (Fsp3) is 0.333. The number of hydrogen-bond donors (Lipinski definition) is 2. The monoisotopic (exact) mass is 401 g/mol. The minimum atomic E-state index is -0.171. The van der Waals surface area contributed by atoms with E-state index in [1.165, 1.54) is 0 Å². The Balaban J connectivity index is 1.40. The van der Waals surface area contributed by atoms with Gasteiger partial charge in [0.15, 0.2) is 0 Å². The summed E-state index contributed by atoms with van der Waals surface area (Å²) in [4.78, 5) is 26.4. The Kier molecular flexibility index (Phi) is 7.28. The highest BCUT2D eigenvalue weighted by Crippen LogP contribution is 2.20. The van der Waals surface area contributed by atoms with Gasteiger partial charge >= 0.3 is 0 Å². The van der Waals surface area contributed by atoms with E-state index in [2.05, 4.69) is 15.5 Å². The minimum absolute atomic E-state index is 0.0696. The van der Waals surface area contributed by atoms with E-state index in [0.717, 1.165) is 37.7 Å². The second kappa shape index (κ2) is 10.1. The number of carbonyl (C=O) groups excluding carboxylic acids is 2. The van der Waals surface area contributed by atoms with Crippen molar-refractivity contribution in [2.45, 2.75) is 12.8 Å². The predicted octanol–water partition coefficient (Wildman–Crippen LogP) is 3.33. The first-order chi connectivity index (χ1) is 13.6. The summed E-state index contributed by atoms with van der Waals surface area (Å²) in [6.07, 6.45) is 0.900. The molecule has 2 N–H and O–H groups in total. The van der Waals surface area contributed by atoms with Crippen LogP contribution in [-0.4, -0.2) is 44.7 Å². The van der Waals surface area contributed by atoms with E-state index in [0.29, 0.717) is 30.0 Å². The number of benzene rings is 2. The lowest BCUT2D eigenvalue weighted by Crippen LogP contribution is -2.36. The molecule has 1 aliphatic rings. The number of amides is 2. The summed E-state index contributed by atoms with van der Waals surface area (Å²) in [5, 5.41) is 6.32. The number of nitrogens with one attached hydrogen (secondary N) is 2. The standard InChI is InChI=1S/C21H24ClN3O3/c22-17-8-6-16(7-9-17)21(27)23-10-2-5-20(26)24-18-3-1-4-19(15-18)25-11-13-28-14-12-25/h1,3-4,6-9,15H,2,5,10-14H2,(H,23,27)(H,24,26). The average Bonchev–Trinajstić information content (AvgIpc) is 2.72. The zero-order valence-electron chi connectivity index (χ0n) is 15.6. The molecule has 28 heavy (non-hydrogen) atoms. The zero-order valence-corrected chi connectivity index (χ0v) is 16.4. The molecule has 1 aliphatic heterocycles. The molecular formula is C21H24ClN3O3. The summed E-state index contributed by atoms with van der Waals surface area (Å²) in [5.74, 6) is -0.241. The van der Waals surface area contributed by atoms with E-state index in [4.69, 9.17) is 16.3 Å². The van der Waals surface area contributed by atoms with Crippen molar-refractivity contribution in [3.8, 4) is 0 Å². The third kappa shape index (κ3) is 5.97. The van der Waals surface area contributed by atoms with Crippen LogP contribution >= 0.6 is 11.6 Å². The number of ether oxygens (including phenoxy) is 1. The molecule has 0 saturated carbocycles. The third-order valence-electron chi connectivity index (χ3n) is 4.48. The topological polar surface area (TPSA) is 70.7 Å². The third-order valence-corrected chi connectivity index (χ3v) is 4.73. The Hall–Kier alpha value is -2.57. The maximum Gasteiger partial charge on any atom is 0.251 e. The fourth-order valence-corrected chi connectivity index (χ4v) is 3.11. The van der Waals surface area contributed by atoms with Crippen LogP contribution in [0.1, 0.15) is 23.2 Å². The lowest BCUT2D eigenvalue weighted by Gasteiger charge is -2.29. The van der Waals surface area contributed by atoms with E-state index in [9.17, 15) is 9.59 Å². The molecule has 6 nitrogen and oxygen atoms in total. The number of rotatable bonds is 7. The largest absolute Gasteiger partial charge is 0.378 e. The predicted molar refractivity (Wildman–Crippen MR) is 111 cm³/mol. The van der Waals surface area contributed by atoms with Crippen LogP contribution in [0, 0.1) is 0 Å². The molecule has 0 bridgehead atoms. The van der Waals surface area contributed by atoms with Crippen LogP contribution in [0.15, 0.2) is 48.5 Å². The average molecular weight is 402 g/mol. The highest BCUT2D eigenvalue weighted by atomic mass is 35.5. The van der Waals surface area contributed by atoms with Gasteiger partial charge < -0.3 is 20.3 Å². The SMILES string of the molecule is O=C(CCCNC(=O)c1ccc(Cl)cc1)Nc1cccc(N2CCOCC2)c1. The lowest BCUT2D eigenvalue weighted by atomic mass is 10.2. The first kappa shape index (κ1) is 20.2. The van der Waals surface area contributed by atoms with Crippen LogP contribution in [0.25, 0.3) is 0 Å². The molecule has 2 aromatic carbocycles. The van der Waals surface area contributed by atoms with Crippen LogP contribution in [0.4, 0.5) is 11.4 Å². The van der Waals surface area contributed by atoms with Gasteiger partial charge in [0.1, 0.15) is 0 Å². The Bertz CT molecular complexity index is 805. The summed E-state index contributed by atoms with van der Waals surface area (Å²) in [7, 11) is 0. The van der Waals surface area contributed by atoms with Crippen molar-refractivity contribution in [1.29, 1.82) is 0 Å². The second-order valence-electron chi connectivity index (χ2n) is 6.56. The number of halogens is 1. The molecule has 0 atom stereocenters. The van der Waals surface area contributed by atoms with E-state index in [1.54, 1.807) is 24.3 Å². The molecule has 1 saturated heterocycles. The number of nitrogens with zero attached hydrogens (tertiary/aromatic N) is 1. The van der Waals surface area contributed by atoms with Gasteiger partial charge in [-0.15, -0.1) is 0 Å². The van der Waals surface area contributed by atoms with Crippen molar-refractivity contribution in [2.24, 2.45) is 0 Å². The molecular weight excluding hydrogens is 378 g/mol. The smallest absolute Gasteiger partial charge is 0.251 e. The van der Waals surface area contributed by atoms with Gasteiger partial charge in [-0.1, -0.05) is 17.7 Å². The molecule has 148 valence electrons. The van der Waals surface area contributed by atoms with Crippen molar-refractivity contribution < 1.29 is 14.3 Å². The summed E-state index contributed by atoms with van der Waals surface area (Å²) in [6.45, 7) is 3.58. The van der Waals surface area contributed by atoms with E-state index in [1.807, 2.05) is 24.3 Å². The molecule has 2 aromatic rings. The van der Waals surface area contributed by atoms with Crippen molar-refractivity contribution in [2.75, 3.05) is 43.1 Å². The first-order valence-corrected chi connectivity index (χ1v) is 9.76. The van der Waals surface area contributed by atoms with Gasteiger partial charge in [0.2, 0.25) is 5.91 Å². The molecule has 0 spiro atoms. The Morgan fingerprint density at radius 3 is 2.57 bits per heavy atom. The first-order valence-electron chi connectivity index (χ1n) is 9.38. The number of anilines is 2. The van der Waals surface area contributed by atoms with Crippen molar-refractivity contribution in [1.82, 2.24) is 5.32 Å². The van der Waals surface area contributed by atoms with Gasteiger partial charge in [-0.2, -0.15) is 0 Å². The molecule has 7 heteroatoms. The van der Waals surface area contributed by atoms with Crippen molar-refractivity contribution >= 4 is 34.8 Å². The van der Waals surface area contributed by atoms with Gasteiger partial charge in [-0.25, -0.2) is 0 Å². The van der Waals surface area contributed by atoms with Gasteiger partial charge in [-0.3, -0.25) is 9.59 Å². The van der Waals surface area contributed by atoms with Crippen molar-refractivity contribution in [3.63, 3.8) is 0 Å². The molecule has 2 amide bonds. The normalized spacial score (nSPS) is 13.8. The maximum absolute atomic E-state index is 12.2. The summed E-state index contributed by atoms with van der Waals surface area (Å²) < 4.78 is 5.37. The van der Waals surface area contributed by atoms with Crippen LogP contribution in [0.2, 0.25) is 5.02 Å². The second-order valence-corrected chi connectivity index (χ2v) is 7.00. The van der Waals surface area contributed by atoms with E-state index in [-0.39, 0.29) is 11.8 Å². The van der Waals surface area contributed by atoms with Crippen LogP contribution in [-0.2, 0) is 9.53 Å². The lowest BCUT2D eigenvalue weighted by molar-refractivity contribution is -0.116. The fourth-order valence-electron chi connectivity index (χ4n) is 2.98. The molecule has 0 radical (unpaired) electrons. The number of carbonyl (C=O) groups is 2. The van der Waals surface area contributed by atoms with Crippen LogP contribution in [0.5, 0.6) is 0 Å². The highest BCUT2D eigenvalue weighted by molar-refractivity contribution is 6.30. The van der Waals surface area contributed by atoms with E-state index < -0.39 is 0 Å². The number of hydrogen-bond acceptors (Lipinski definition) is 4. The molecule has 1 fully saturated rings. The summed E-state index contributed by atoms with van der Waals surface area (Å²) in [5.41, 5.74) is 2.41. The van der Waals surface area contributed by atoms with Gasteiger partial charge in [0, 0.05) is 48.0 Å². The molecule has 3 rings (SSSR count). The van der Waals surface area contributed by atoms with Gasteiger partial charge in [0.25, 0.3) is 5.91 Å². The molecule has 0 unspecified atom stereocenters. The minimum Gasteiger partial charge on any atom is -0.378 e.